The van der Waals surface area contributed by atoms with E-state index >= 15 is 0 Å². The Bertz CT molecular complexity index is 379. The summed E-state index contributed by atoms with van der Waals surface area (Å²) < 4.78 is 0. The van der Waals surface area contributed by atoms with E-state index in [1.165, 1.54) is 0 Å². The van der Waals surface area contributed by atoms with E-state index in [0.717, 1.165) is 19.5 Å². The van der Waals surface area contributed by atoms with Crippen LogP contribution in [0.25, 0.3) is 0 Å². The Morgan fingerprint density at radius 3 is 2.76 bits per heavy atom. The van der Waals surface area contributed by atoms with Crippen molar-refractivity contribution in [1.29, 1.82) is 0 Å². The molecule has 1 N–H and O–H groups in total. The lowest BCUT2D eigenvalue weighted by atomic mass is 10.1. The zero-order valence-electron chi connectivity index (χ0n) is 10.7. The van der Waals surface area contributed by atoms with E-state index in [9.17, 15) is 4.79 Å². The lowest BCUT2D eigenvalue weighted by Crippen LogP contribution is -2.30. The van der Waals surface area contributed by atoms with Gasteiger partial charge in [-0.05, 0) is 25.0 Å². The van der Waals surface area contributed by atoms with Gasteiger partial charge in [0.2, 0.25) is 0 Å². The lowest BCUT2D eigenvalue weighted by molar-refractivity contribution is 0.0697. The summed E-state index contributed by atoms with van der Waals surface area (Å²) in [5.41, 5.74) is 0.276. The molecule has 0 aromatic carbocycles. The number of carboxylic acid groups (broad SMARTS) is 1. The third-order valence-corrected chi connectivity index (χ3v) is 2.93. The van der Waals surface area contributed by atoms with Gasteiger partial charge in [0, 0.05) is 19.3 Å². The van der Waals surface area contributed by atoms with Crippen LogP contribution in [0, 0.1) is 5.92 Å². The molecule has 0 aliphatic rings. The molecule has 0 bridgehead atoms. The highest BCUT2D eigenvalue weighted by atomic mass is 16.4. The molecule has 17 heavy (non-hydrogen) atoms. The molecule has 1 heterocycles. The van der Waals surface area contributed by atoms with Crippen LogP contribution in [-0.2, 0) is 0 Å². The summed E-state index contributed by atoms with van der Waals surface area (Å²) in [5, 5.41) is 9.13. The minimum Gasteiger partial charge on any atom is -0.478 e. The zero-order valence-corrected chi connectivity index (χ0v) is 10.7. The van der Waals surface area contributed by atoms with Gasteiger partial charge in [0.25, 0.3) is 0 Å². The Hall–Kier alpha value is -1.58. The van der Waals surface area contributed by atoms with Gasteiger partial charge in [0.15, 0.2) is 0 Å². The predicted octanol–water partition coefficient (Wildman–Crippen LogP) is 2.65. The van der Waals surface area contributed by atoms with Gasteiger partial charge in [-0.3, -0.25) is 0 Å². The summed E-state index contributed by atoms with van der Waals surface area (Å²) in [6.45, 7) is 7.91. The number of carbonyl (C=O) groups is 1. The molecule has 1 rings (SSSR count). The van der Waals surface area contributed by atoms with Crippen molar-refractivity contribution in [3.8, 4) is 0 Å². The lowest BCUT2D eigenvalue weighted by Gasteiger charge is -2.26. The molecule has 4 heteroatoms. The summed E-state index contributed by atoms with van der Waals surface area (Å²) >= 11 is 0. The van der Waals surface area contributed by atoms with E-state index in [1.54, 1.807) is 18.3 Å². The van der Waals surface area contributed by atoms with E-state index in [-0.39, 0.29) is 5.56 Å². The maximum Gasteiger partial charge on any atom is 0.339 e. The smallest absolute Gasteiger partial charge is 0.339 e. The van der Waals surface area contributed by atoms with E-state index in [2.05, 4.69) is 18.8 Å². The molecule has 0 aliphatic heterocycles. The summed E-state index contributed by atoms with van der Waals surface area (Å²) in [7, 11) is 0. The van der Waals surface area contributed by atoms with Gasteiger partial charge < -0.3 is 10.0 Å². The van der Waals surface area contributed by atoms with Crippen LogP contribution in [-0.4, -0.2) is 29.1 Å². The molecule has 0 fully saturated rings. The third kappa shape index (κ3) is 3.44. The van der Waals surface area contributed by atoms with Gasteiger partial charge in [0.05, 0.1) is 0 Å². The van der Waals surface area contributed by atoms with Crippen molar-refractivity contribution in [3.05, 3.63) is 23.9 Å². The largest absolute Gasteiger partial charge is 0.478 e. The SMILES string of the molecule is CCC(C)CN(CC)c1ncccc1C(=O)O. The van der Waals surface area contributed by atoms with Gasteiger partial charge >= 0.3 is 5.97 Å². The number of aromatic nitrogens is 1. The Labute approximate surface area is 102 Å². The maximum absolute atomic E-state index is 11.1. The van der Waals surface area contributed by atoms with Crippen molar-refractivity contribution in [2.45, 2.75) is 27.2 Å². The number of hydrogen-bond acceptors (Lipinski definition) is 3. The number of rotatable bonds is 6. The highest BCUT2D eigenvalue weighted by Crippen LogP contribution is 2.19. The molecule has 0 amide bonds. The van der Waals surface area contributed by atoms with Gasteiger partial charge in [0.1, 0.15) is 11.4 Å². The average Bonchev–Trinajstić information content (AvgIpc) is 2.35. The minimum absolute atomic E-state index is 0.276. The van der Waals surface area contributed by atoms with Gasteiger partial charge in [-0.1, -0.05) is 20.3 Å². The molecule has 0 aliphatic carbocycles. The highest BCUT2D eigenvalue weighted by molar-refractivity contribution is 5.93. The van der Waals surface area contributed by atoms with Crippen LogP contribution in [0.2, 0.25) is 0 Å². The summed E-state index contributed by atoms with van der Waals surface area (Å²) in [6.07, 6.45) is 2.72. The standard InChI is InChI=1S/C13H20N2O2/c1-4-10(3)9-15(5-2)12-11(13(16)17)7-6-8-14-12/h6-8,10H,4-5,9H2,1-3H3,(H,16,17). The van der Waals surface area contributed by atoms with E-state index in [1.807, 2.05) is 11.8 Å². The molecular formula is C13H20N2O2. The number of pyridine rings is 1. The number of anilines is 1. The Kier molecular flexibility index (Phi) is 4.94. The molecule has 0 spiro atoms. The number of hydrogen-bond donors (Lipinski definition) is 1. The molecule has 4 nitrogen and oxygen atoms in total. The van der Waals surface area contributed by atoms with Crippen molar-refractivity contribution < 1.29 is 9.90 Å². The molecule has 0 saturated carbocycles. The van der Waals surface area contributed by atoms with Crippen LogP contribution in [0.4, 0.5) is 5.82 Å². The molecule has 1 atom stereocenters. The van der Waals surface area contributed by atoms with Crippen molar-refractivity contribution in [1.82, 2.24) is 4.98 Å². The second-order valence-electron chi connectivity index (χ2n) is 4.23. The van der Waals surface area contributed by atoms with Crippen molar-refractivity contribution in [2.24, 2.45) is 5.92 Å². The molecule has 0 radical (unpaired) electrons. The maximum atomic E-state index is 11.1. The first-order valence-electron chi connectivity index (χ1n) is 6.03. The number of carboxylic acids is 1. The van der Waals surface area contributed by atoms with Crippen LogP contribution in [0.15, 0.2) is 18.3 Å². The van der Waals surface area contributed by atoms with Crippen LogP contribution >= 0.6 is 0 Å². The molecular weight excluding hydrogens is 216 g/mol. The first-order chi connectivity index (χ1) is 8.10. The average molecular weight is 236 g/mol. The monoisotopic (exact) mass is 236 g/mol. The zero-order chi connectivity index (χ0) is 12.8. The molecule has 1 unspecified atom stereocenters. The first-order valence-corrected chi connectivity index (χ1v) is 6.03. The quantitative estimate of drug-likeness (QED) is 0.825. The fourth-order valence-corrected chi connectivity index (χ4v) is 1.69. The Morgan fingerprint density at radius 1 is 1.53 bits per heavy atom. The third-order valence-electron chi connectivity index (χ3n) is 2.93. The highest BCUT2D eigenvalue weighted by Gasteiger charge is 2.17. The summed E-state index contributed by atoms with van der Waals surface area (Å²) in [6, 6.07) is 3.26. The van der Waals surface area contributed by atoms with Crippen LogP contribution in [0.5, 0.6) is 0 Å². The fourth-order valence-electron chi connectivity index (χ4n) is 1.69. The second kappa shape index (κ2) is 6.23. The van der Waals surface area contributed by atoms with Crippen LogP contribution < -0.4 is 4.90 Å². The summed E-state index contributed by atoms with van der Waals surface area (Å²) in [5.74, 6) is 0.178. The van der Waals surface area contributed by atoms with Crippen molar-refractivity contribution in [2.75, 3.05) is 18.0 Å². The second-order valence-corrected chi connectivity index (χ2v) is 4.23. The number of aromatic carboxylic acids is 1. The van der Waals surface area contributed by atoms with Gasteiger partial charge in [-0.2, -0.15) is 0 Å². The first kappa shape index (κ1) is 13.5. The molecule has 94 valence electrons. The molecule has 1 aromatic rings. The van der Waals surface area contributed by atoms with Crippen LogP contribution in [0.1, 0.15) is 37.6 Å². The molecule has 0 saturated heterocycles. The topological polar surface area (TPSA) is 53.4 Å². The van der Waals surface area contributed by atoms with E-state index < -0.39 is 5.97 Å². The van der Waals surface area contributed by atoms with Gasteiger partial charge in [-0.15, -0.1) is 0 Å². The van der Waals surface area contributed by atoms with E-state index in [0.29, 0.717) is 11.7 Å². The van der Waals surface area contributed by atoms with E-state index in [4.69, 9.17) is 5.11 Å². The predicted molar refractivity (Wildman–Crippen MR) is 68.5 cm³/mol. The Morgan fingerprint density at radius 2 is 2.24 bits per heavy atom. The summed E-state index contributed by atoms with van der Waals surface area (Å²) in [4.78, 5) is 17.4. The van der Waals surface area contributed by atoms with Crippen molar-refractivity contribution in [3.63, 3.8) is 0 Å². The molecule has 1 aromatic heterocycles. The Balaban J connectivity index is 2.99. The van der Waals surface area contributed by atoms with Crippen molar-refractivity contribution >= 4 is 11.8 Å². The van der Waals surface area contributed by atoms with Gasteiger partial charge in [-0.25, -0.2) is 9.78 Å². The number of nitrogens with zero attached hydrogens (tertiary/aromatic N) is 2. The van der Waals surface area contributed by atoms with Crippen LogP contribution in [0.3, 0.4) is 0 Å². The minimum atomic E-state index is -0.921. The normalized spacial score (nSPS) is 12.2. The fraction of sp³-hybridized carbons (Fsp3) is 0.538.